The van der Waals surface area contributed by atoms with Gasteiger partial charge in [-0.05, 0) is 42.5 Å². The summed E-state index contributed by atoms with van der Waals surface area (Å²) in [6.45, 7) is 5.06. The van der Waals surface area contributed by atoms with Crippen LogP contribution >= 0.6 is 15.9 Å². The monoisotopic (exact) mass is 390 g/mol. The molecular formula is C19H23BrN2O2. The summed E-state index contributed by atoms with van der Waals surface area (Å²) in [5.74, 6) is 1.86. The quantitative estimate of drug-likeness (QED) is 0.775. The topological polar surface area (TPSA) is 24.9 Å². The summed E-state index contributed by atoms with van der Waals surface area (Å²) in [7, 11) is 3.43. The standard InChI is InChI=1S/C19H23BrN2O2/c1-23-18-6-4-17(5-7-18)22-11-9-21(10-12-22)14-15-13-16(20)3-8-19(15)24-2/h3-8,13H,9-12,14H2,1-2H3. The molecule has 1 fully saturated rings. The first kappa shape index (κ1) is 17.1. The van der Waals surface area contributed by atoms with E-state index in [0.29, 0.717) is 0 Å². The van der Waals surface area contributed by atoms with Crippen LogP contribution in [0.3, 0.4) is 0 Å². The Labute approximate surface area is 152 Å². The number of halogens is 1. The maximum atomic E-state index is 5.48. The third-order valence-electron chi connectivity index (χ3n) is 4.45. The van der Waals surface area contributed by atoms with Crippen molar-refractivity contribution in [1.29, 1.82) is 0 Å². The first-order valence-corrected chi connectivity index (χ1v) is 8.92. The van der Waals surface area contributed by atoms with Gasteiger partial charge in [0.05, 0.1) is 14.2 Å². The smallest absolute Gasteiger partial charge is 0.123 e. The fourth-order valence-electron chi connectivity index (χ4n) is 3.07. The number of piperazine rings is 1. The van der Waals surface area contributed by atoms with Crippen LogP contribution < -0.4 is 14.4 Å². The first-order chi connectivity index (χ1) is 11.7. The van der Waals surface area contributed by atoms with Gasteiger partial charge in [0.2, 0.25) is 0 Å². The third kappa shape index (κ3) is 4.02. The molecule has 1 aliphatic heterocycles. The normalized spacial score (nSPS) is 15.4. The summed E-state index contributed by atoms with van der Waals surface area (Å²) >= 11 is 3.55. The van der Waals surface area contributed by atoms with E-state index in [1.54, 1.807) is 14.2 Å². The molecule has 3 rings (SSSR count). The third-order valence-corrected chi connectivity index (χ3v) is 4.94. The zero-order chi connectivity index (χ0) is 16.9. The molecule has 0 unspecified atom stereocenters. The second-order valence-electron chi connectivity index (χ2n) is 5.92. The Morgan fingerprint density at radius 2 is 1.62 bits per heavy atom. The summed E-state index contributed by atoms with van der Waals surface area (Å²) in [5, 5.41) is 0. The molecule has 2 aromatic carbocycles. The van der Waals surface area contributed by atoms with Crippen LogP contribution in [0.25, 0.3) is 0 Å². The zero-order valence-electron chi connectivity index (χ0n) is 14.2. The van der Waals surface area contributed by atoms with E-state index in [4.69, 9.17) is 9.47 Å². The molecule has 0 amide bonds. The van der Waals surface area contributed by atoms with Crippen LogP contribution in [0.4, 0.5) is 5.69 Å². The predicted octanol–water partition coefficient (Wildman–Crippen LogP) is 3.79. The summed E-state index contributed by atoms with van der Waals surface area (Å²) in [6, 6.07) is 14.5. The lowest BCUT2D eigenvalue weighted by atomic mass is 10.1. The Bertz CT molecular complexity index is 668. The fourth-order valence-corrected chi connectivity index (χ4v) is 3.48. The van der Waals surface area contributed by atoms with E-state index in [0.717, 1.165) is 48.7 Å². The van der Waals surface area contributed by atoms with Gasteiger partial charge in [0.15, 0.2) is 0 Å². The highest BCUT2D eigenvalue weighted by Crippen LogP contribution is 2.26. The Morgan fingerprint density at radius 3 is 2.25 bits per heavy atom. The van der Waals surface area contributed by atoms with E-state index in [1.807, 2.05) is 24.3 Å². The van der Waals surface area contributed by atoms with Crippen LogP contribution in [0, 0.1) is 0 Å². The average Bonchev–Trinajstić information content (AvgIpc) is 2.63. The summed E-state index contributed by atoms with van der Waals surface area (Å²) in [6.07, 6.45) is 0. The Morgan fingerprint density at radius 1 is 0.917 bits per heavy atom. The van der Waals surface area contributed by atoms with Crippen molar-refractivity contribution in [1.82, 2.24) is 4.90 Å². The Kier molecular flexibility index (Phi) is 5.63. The van der Waals surface area contributed by atoms with Crippen LogP contribution in [0.1, 0.15) is 5.56 Å². The largest absolute Gasteiger partial charge is 0.497 e. The molecule has 0 N–H and O–H groups in total. The lowest BCUT2D eigenvalue weighted by Crippen LogP contribution is -2.46. The van der Waals surface area contributed by atoms with Crippen molar-refractivity contribution in [2.75, 3.05) is 45.3 Å². The second kappa shape index (κ2) is 7.90. The van der Waals surface area contributed by atoms with Crippen molar-refractivity contribution in [3.8, 4) is 11.5 Å². The molecule has 1 aliphatic rings. The van der Waals surface area contributed by atoms with Gasteiger partial charge >= 0.3 is 0 Å². The van der Waals surface area contributed by atoms with Crippen molar-refractivity contribution >= 4 is 21.6 Å². The van der Waals surface area contributed by atoms with Gasteiger partial charge in [0.1, 0.15) is 11.5 Å². The van der Waals surface area contributed by atoms with E-state index in [1.165, 1.54) is 11.3 Å². The number of hydrogen-bond acceptors (Lipinski definition) is 4. The molecule has 0 bridgehead atoms. The molecule has 0 aliphatic carbocycles. The predicted molar refractivity (Wildman–Crippen MR) is 101 cm³/mol. The van der Waals surface area contributed by atoms with Crippen LogP contribution in [0.2, 0.25) is 0 Å². The van der Waals surface area contributed by atoms with E-state index >= 15 is 0 Å². The van der Waals surface area contributed by atoms with Crippen molar-refractivity contribution in [3.63, 3.8) is 0 Å². The molecule has 0 radical (unpaired) electrons. The van der Waals surface area contributed by atoms with Gasteiger partial charge < -0.3 is 14.4 Å². The maximum Gasteiger partial charge on any atom is 0.123 e. The van der Waals surface area contributed by atoms with Gasteiger partial charge in [-0.2, -0.15) is 0 Å². The molecule has 2 aromatic rings. The number of methoxy groups -OCH3 is 2. The average molecular weight is 391 g/mol. The van der Waals surface area contributed by atoms with Crippen LogP contribution in [-0.2, 0) is 6.54 Å². The van der Waals surface area contributed by atoms with Gasteiger partial charge in [-0.15, -0.1) is 0 Å². The molecule has 1 heterocycles. The zero-order valence-corrected chi connectivity index (χ0v) is 15.8. The molecule has 0 saturated carbocycles. The molecule has 0 atom stereocenters. The second-order valence-corrected chi connectivity index (χ2v) is 6.83. The Hall–Kier alpha value is -1.72. The number of nitrogens with zero attached hydrogens (tertiary/aromatic N) is 2. The number of ether oxygens (including phenoxy) is 2. The highest BCUT2D eigenvalue weighted by Gasteiger charge is 2.18. The highest BCUT2D eigenvalue weighted by atomic mass is 79.9. The summed E-state index contributed by atoms with van der Waals surface area (Å²) in [5.41, 5.74) is 2.49. The van der Waals surface area contributed by atoms with Crippen LogP contribution in [0.5, 0.6) is 11.5 Å². The minimum atomic E-state index is 0.902. The lowest BCUT2D eigenvalue weighted by molar-refractivity contribution is 0.246. The van der Waals surface area contributed by atoms with Crippen LogP contribution in [0.15, 0.2) is 46.9 Å². The molecule has 128 valence electrons. The van der Waals surface area contributed by atoms with Gasteiger partial charge in [0, 0.05) is 48.4 Å². The molecule has 0 spiro atoms. The highest BCUT2D eigenvalue weighted by molar-refractivity contribution is 9.10. The molecule has 24 heavy (non-hydrogen) atoms. The molecule has 1 saturated heterocycles. The summed E-state index contributed by atoms with van der Waals surface area (Å²) < 4.78 is 11.8. The van der Waals surface area contributed by atoms with Crippen molar-refractivity contribution in [2.45, 2.75) is 6.54 Å². The van der Waals surface area contributed by atoms with Gasteiger partial charge in [-0.1, -0.05) is 15.9 Å². The minimum absolute atomic E-state index is 0.902. The van der Waals surface area contributed by atoms with E-state index < -0.39 is 0 Å². The molecular weight excluding hydrogens is 368 g/mol. The number of rotatable bonds is 5. The summed E-state index contributed by atoms with van der Waals surface area (Å²) in [4.78, 5) is 4.90. The number of hydrogen-bond donors (Lipinski definition) is 0. The fraction of sp³-hybridized carbons (Fsp3) is 0.368. The van der Waals surface area contributed by atoms with Crippen molar-refractivity contribution < 1.29 is 9.47 Å². The molecule has 0 aromatic heterocycles. The van der Waals surface area contributed by atoms with Gasteiger partial charge in [0.25, 0.3) is 0 Å². The van der Waals surface area contributed by atoms with Gasteiger partial charge in [-0.3, -0.25) is 4.90 Å². The SMILES string of the molecule is COc1ccc(N2CCN(Cc3cc(Br)ccc3OC)CC2)cc1. The Balaban J connectivity index is 1.60. The van der Waals surface area contributed by atoms with E-state index in [-0.39, 0.29) is 0 Å². The van der Waals surface area contributed by atoms with Crippen LogP contribution in [-0.4, -0.2) is 45.3 Å². The first-order valence-electron chi connectivity index (χ1n) is 8.13. The maximum absolute atomic E-state index is 5.48. The lowest BCUT2D eigenvalue weighted by Gasteiger charge is -2.36. The number of benzene rings is 2. The minimum Gasteiger partial charge on any atom is -0.497 e. The van der Waals surface area contributed by atoms with Crippen molar-refractivity contribution in [2.24, 2.45) is 0 Å². The van der Waals surface area contributed by atoms with E-state index in [2.05, 4.69) is 43.9 Å². The van der Waals surface area contributed by atoms with E-state index in [9.17, 15) is 0 Å². The molecule has 4 nitrogen and oxygen atoms in total. The van der Waals surface area contributed by atoms with Gasteiger partial charge in [-0.25, -0.2) is 0 Å². The number of anilines is 1. The van der Waals surface area contributed by atoms with Crippen molar-refractivity contribution in [3.05, 3.63) is 52.5 Å². The molecule has 5 heteroatoms.